The number of esters is 2. The highest BCUT2D eigenvalue weighted by Gasteiger charge is 2.32. The number of allylic oxidation sites excluding steroid dienone is 1. The number of rotatable bonds is 8. The molecule has 1 aliphatic carbocycles. The highest BCUT2D eigenvalue weighted by molar-refractivity contribution is 6.03. The van der Waals surface area contributed by atoms with E-state index in [0.29, 0.717) is 35.9 Å². The first kappa shape index (κ1) is 34.5. The third kappa shape index (κ3) is 7.34. The minimum absolute atomic E-state index is 0.169. The van der Waals surface area contributed by atoms with Crippen LogP contribution in [0.15, 0.2) is 42.6 Å². The number of nitrogens with zero attached hydrogens (tertiary/aromatic N) is 3. The highest BCUT2D eigenvalue weighted by atomic mass is 16.6. The van der Waals surface area contributed by atoms with E-state index in [9.17, 15) is 9.59 Å². The van der Waals surface area contributed by atoms with Gasteiger partial charge in [-0.05, 0) is 111 Å². The lowest BCUT2D eigenvalue weighted by atomic mass is 9.81. The van der Waals surface area contributed by atoms with E-state index in [0.717, 1.165) is 64.7 Å². The number of hydrogen-bond acceptors (Lipinski definition) is 6. The van der Waals surface area contributed by atoms with E-state index in [1.807, 2.05) is 46.0 Å². The number of aromatic nitrogens is 3. The number of methoxy groups -OCH3 is 1. The minimum atomic E-state index is -0.611. The summed E-state index contributed by atoms with van der Waals surface area (Å²) in [7, 11) is 3.55. The number of carbonyl (C=O) groups is 2. The normalized spacial score (nSPS) is 15.3. The second-order valence-corrected chi connectivity index (χ2v) is 15.9. The second-order valence-electron chi connectivity index (χ2n) is 15.9. The molecule has 0 amide bonds. The van der Waals surface area contributed by atoms with Crippen LogP contribution in [0.1, 0.15) is 130 Å². The first-order valence-corrected chi connectivity index (χ1v) is 17.7. The lowest BCUT2D eigenvalue weighted by Gasteiger charge is -2.24. The number of fused-ring (bicyclic) bond motifs is 5. The van der Waals surface area contributed by atoms with Gasteiger partial charge in [-0.15, -0.1) is 0 Å². The molecule has 4 aromatic rings. The van der Waals surface area contributed by atoms with Gasteiger partial charge in [0.05, 0.1) is 43.4 Å². The van der Waals surface area contributed by atoms with Crippen LogP contribution in [0.3, 0.4) is 0 Å². The Labute approximate surface area is 290 Å². The molecular formula is C41H51N3O5. The monoisotopic (exact) mass is 665 g/mol. The fourth-order valence-electron chi connectivity index (χ4n) is 7.46. The smallest absolute Gasteiger partial charge is 0.341 e. The summed E-state index contributed by atoms with van der Waals surface area (Å²) in [5.74, 6) is 0.433. The summed E-state index contributed by atoms with van der Waals surface area (Å²) in [6, 6.07) is 12.2. The van der Waals surface area contributed by atoms with E-state index in [1.165, 1.54) is 24.8 Å². The Morgan fingerprint density at radius 2 is 1.69 bits per heavy atom. The zero-order valence-electron chi connectivity index (χ0n) is 30.4. The van der Waals surface area contributed by atoms with Crippen molar-refractivity contribution in [1.82, 2.24) is 14.3 Å². The third-order valence-corrected chi connectivity index (χ3v) is 9.69. The Kier molecular flexibility index (Phi) is 9.53. The Bertz CT molecular complexity index is 1910. The van der Waals surface area contributed by atoms with Gasteiger partial charge in [0, 0.05) is 23.5 Å². The van der Waals surface area contributed by atoms with Crippen LogP contribution in [0, 0.1) is 5.41 Å². The summed E-state index contributed by atoms with van der Waals surface area (Å²) in [5.41, 5.74) is 7.71. The lowest BCUT2D eigenvalue weighted by molar-refractivity contribution is 0.00693. The van der Waals surface area contributed by atoms with Gasteiger partial charge in [0.25, 0.3) is 0 Å². The van der Waals surface area contributed by atoms with E-state index in [1.54, 1.807) is 18.0 Å². The molecule has 2 aliphatic rings. The minimum Gasteiger partial charge on any atom is -0.497 e. The average Bonchev–Trinajstić information content (AvgIpc) is 3.53. The van der Waals surface area contributed by atoms with Gasteiger partial charge in [-0.25, -0.2) is 9.59 Å². The van der Waals surface area contributed by atoms with Gasteiger partial charge < -0.3 is 18.8 Å². The van der Waals surface area contributed by atoms with Crippen LogP contribution >= 0.6 is 0 Å². The van der Waals surface area contributed by atoms with Gasteiger partial charge in [0.15, 0.2) is 0 Å². The summed E-state index contributed by atoms with van der Waals surface area (Å²) < 4.78 is 21.4. The van der Waals surface area contributed by atoms with Crippen molar-refractivity contribution in [2.45, 2.75) is 105 Å². The van der Waals surface area contributed by atoms with E-state index in [-0.39, 0.29) is 17.4 Å². The summed E-state index contributed by atoms with van der Waals surface area (Å²) in [6.45, 7) is 13.1. The summed E-state index contributed by atoms with van der Waals surface area (Å²) in [4.78, 5) is 27.0. The van der Waals surface area contributed by atoms with E-state index < -0.39 is 5.60 Å². The molecule has 1 fully saturated rings. The molecule has 0 radical (unpaired) electrons. The maximum absolute atomic E-state index is 13.6. The molecule has 0 spiro atoms. The van der Waals surface area contributed by atoms with Crippen LogP contribution in [-0.2, 0) is 23.1 Å². The van der Waals surface area contributed by atoms with Crippen LogP contribution in [0.2, 0.25) is 0 Å². The molecule has 0 unspecified atom stereocenters. The molecule has 1 saturated carbocycles. The molecule has 0 atom stereocenters. The molecule has 49 heavy (non-hydrogen) atoms. The largest absolute Gasteiger partial charge is 0.497 e. The van der Waals surface area contributed by atoms with Gasteiger partial charge in [-0.2, -0.15) is 5.10 Å². The lowest BCUT2D eigenvalue weighted by Crippen LogP contribution is -2.23. The number of hydrogen-bond donors (Lipinski definition) is 0. The van der Waals surface area contributed by atoms with Gasteiger partial charge in [0.1, 0.15) is 16.9 Å². The number of ether oxygens (including phenoxy) is 3. The quantitative estimate of drug-likeness (QED) is 0.138. The van der Waals surface area contributed by atoms with Crippen molar-refractivity contribution >= 4 is 34.5 Å². The van der Waals surface area contributed by atoms with Crippen molar-refractivity contribution in [1.29, 1.82) is 0 Å². The Hall–Kier alpha value is -4.33. The molecule has 8 heteroatoms. The summed E-state index contributed by atoms with van der Waals surface area (Å²) >= 11 is 0. The number of benzene rings is 2. The zero-order valence-corrected chi connectivity index (χ0v) is 30.4. The summed E-state index contributed by atoms with van der Waals surface area (Å²) in [5, 5.41) is 5.70. The van der Waals surface area contributed by atoms with Gasteiger partial charge in [-0.3, -0.25) is 4.68 Å². The van der Waals surface area contributed by atoms with Gasteiger partial charge in [0.2, 0.25) is 0 Å². The first-order chi connectivity index (χ1) is 23.2. The van der Waals surface area contributed by atoms with Crippen LogP contribution in [0.5, 0.6) is 5.75 Å². The second kappa shape index (κ2) is 13.5. The van der Waals surface area contributed by atoms with Crippen molar-refractivity contribution in [3.05, 3.63) is 70.5 Å². The number of carbonyl (C=O) groups excluding carboxylic acids is 2. The maximum Gasteiger partial charge on any atom is 0.341 e. The molecular weight excluding hydrogens is 614 g/mol. The predicted molar refractivity (Wildman–Crippen MR) is 195 cm³/mol. The zero-order chi connectivity index (χ0) is 35.1. The van der Waals surface area contributed by atoms with Crippen LogP contribution in [0.4, 0.5) is 0 Å². The highest BCUT2D eigenvalue weighted by Crippen LogP contribution is 2.48. The van der Waals surface area contributed by atoms with E-state index >= 15 is 0 Å². The van der Waals surface area contributed by atoms with Gasteiger partial charge >= 0.3 is 11.9 Å². The molecule has 2 aromatic heterocycles. The van der Waals surface area contributed by atoms with Crippen molar-refractivity contribution in [2.24, 2.45) is 12.5 Å². The molecule has 6 rings (SSSR count). The van der Waals surface area contributed by atoms with Crippen molar-refractivity contribution in [2.75, 3.05) is 13.7 Å². The van der Waals surface area contributed by atoms with Crippen molar-refractivity contribution in [3.63, 3.8) is 0 Å². The standard InChI is InChI=1S/C41H51N3O5/c1-40(2,3)19-12-20-48-39(46)33-24-42-43(7)36(33)29-21-28-22-30(47-8)16-18-31(28)37-35(26-13-10-9-11-14-26)32-17-15-27(23-34(32)44(37)25-29)38(45)49-41(4,5)6/h15-18,21-24,26H,9-14,19-20,25H2,1-8H3. The molecule has 0 saturated heterocycles. The van der Waals surface area contributed by atoms with Crippen LogP contribution in [0.25, 0.3) is 33.8 Å². The molecule has 3 heterocycles. The molecule has 0 bridgehead atoms. The fraction of sp³-hybridized carbons (Fsp3) is 0.488. The van der Waals surface area contributed by atoms with E-state index in [2.05, 4.69) is 54.7 Å². The van der Waals surface area contributed by atoms with Gasteiger partial charge in [-0.1, -0.05) is 46.1 Å². The molecule has 260 valence electrons. The number of aryl methyl sites for hydroxylation is 1. The topological polar surface area (TPSA) is 84.6 Å². The molecule has 1 aliphatic heterocycles. The predicted octanol–water partition coefficient (Wildman–Crippen LogP) is 9.59. The first-order valence-electron chi connectivity index (χ1n) is 17.7. The van der Waals surface area contributed by atoms with Crippen LogP contribution in [-0.4, -0.2) is 45.6 Å². The van der Waals surface area contributed by atoms with Crippen molar-refractivity contribution in [3.8, 4) is 17.0 Å². The fourth-order valence-corrected chi connectivity index (χ4v) is 7.46. The van der Waals surface area contributed by atoms with Crippen LogP contribution < -0.4 is 4.74 Å². The SMILES string of the molecule is COc1ccc2c(c1)C=C(c1c(C(=O)OCCCC(C)(C)C)cnn1C)Cn1c-2c(C2CCCCC2)c2ccc(C(=O)OC(C)(C)C)cc21. The third-order valence-electron chi connectivity index (χ3n) is 9.69. The molecule has 8 nitrogen and oxygen atoms in total. The average molecular weight is 666 g/mol. The Morgan fingerprint density at radius 3 is 2.39 bits per heavy atom. The summed E-state index contributed by atoms with van der Waals surface area (Å²) in [6.07, 6.45) is 11.4. The van der Waals surface area contributed by atoms with Crippen molar-refractivity contribution < 1.29 is 23.8 Å². The Balaban J connectivity index is 1.52. The Morgan fingerprint density at radius 1 is 0.939 bits per heavy atom. The maximum atomic E-state index is 13.6. The molecule has 2 aromatic carbocycles. The van der Waals surface area contributed by atoms with E-state index in [4.69, 9.17) is 14.2 Å². The molecule has 0 N–H and O–H groups in total.